The van der Waals surface area contributed by atoms with Gasteiger partial charge < -0.3 is 10.2 Å². The van der Waals surface area contributed by atoms with Gasteiger partial charge in [0.25, 0.3) is 0 Å². The molecule has 3 aromatic rings. The topological polar surface area (TPSA) is 41.1 Å². The lowest BCUT2D eigenvalue weighted by Gasteiger charge is -2.33. The Morgan fingerprint density at radius 1 is 1.04 bits per heavy atom. The molecular formula is C21H24N4S. The van der Waals surface area contributed by atoms with Gasteiger partial charge in [-0.25, -0.2) is 9.97 Å². The van der Waals surface area contributed by atoms with E-state index >= 15 is 0 Å². The summed E-state index contributed by atoms with van der Waals surface area (Å²) in [5, 5.41) is 7.14. The van der Waals surface area contributed by atoms with Crippen LogP contribution < -0.4 is 10.2 Å². The molecule has 2 aromatic heterocycles. The second-order valence-corrected chi connectivity index (χ2v) is 8.36. The minimum absolute atomic E-state index is 0.806. The summed E-state index contributed by atoms with van der Waals surface area (Å²) >= 11 is 1.72. The number of benzene rings is 1. The zero-order valence-corrected chi connectivity index (χ0v) is 15.7. The third kappa shape index (κ3) is 3.21. The fourth-order valence-electron chi connectivity index (χ4n) is 3.90. The Labute approximate surface area is 158 Å². The summed E-state index contributed by atoms with van der Waals surface area (Å²) in [7, 11) is 0. The van der Waals surface area contributed by atoms with Gasteiger partial charge in [-0.3, -0.25) is 0 Å². The van der Waals surface area contributed by atoms with E-state index in [1.165, 1.54) is 48.7 Å². The molecule has 0 amide bonds. The number of aromatic nitrogens is 2. The van der Waals surface area contributed by atoms with Gasteiger partial charge in [0, 0.05) is 30.1 Å². The number of nitrogens with one attached hydrogen (secondary N) is 1. The molecule has 0 atom stereocenters. The molecule has 4 nitrogen and oxygen atoms in total. The van der Waals surface area contributed by atoms with Gasteiger partial charge in [-0.2, -0.15) is 0 Å². The molecule has 1 aliphatic carbocycles. The van der Waals surface area contributed by atoms with Gasteiger partial charge in [0.2, 0.25) is 0 Å². The molecule has 0 spiro atoms. The highest BCUT2D eigenvalue weighted by Crippen LogP contribution is 2.38. The zero-order valence-electron chi connectivity index (χ0n) is 14.9. The van der Waals surface area contributed by atoms with E-state index in [1.807, 2.05) is 0 Å². The Hall–Kier alpha value is -1.98. The van der Waals surface area contributed by atoms with E-state index in [0.717, 1.165) is 35.7 Å². The first-order valence-corrected chi connectivity index (χ1v) is 10.5. The van der Waals surface area contributed by atoms with Crippen molar-refractivity contribution in [1.29, 1.82) is 0 Å². The van der Waals surface area contributed by atoms with Gasteiger partial charge >= 0.3 is 0 Å². The summed E-state index contributed by atoms with van der Waals surface area (Å²) < 4.78 is 0. The predicted molar refractivity (Wildman–Crippen MR) is 109 cm³/mol. The van der Waals surface area contributed by atoms with Gasteiger partial charge in [-0.05, 0) is 43.7 Å². The van der Waals surface area contributed by atoms with E-state index in [4.69, 9.17) is 4.98 Å². The first-order valence-electron chi connectivity index (χ1n) is 9.64. The Balaban J connectivity index is 1.39. The third-order valence-electron chi connectivity index (χ3n) is 5.62. The number of anilines is 1. The van der Waals surface area contributed by atoms with Crippen LogP contribution in [0.25, 0.3) is 21.3 Å². The van der Waals surface area contributed by atoms with Crippen LogP contribution in [-0.4, -0.2) is 35.6 Å². The van der Waals surface area contributed by atoms with Crippen LogP contribution in [0.1, 0.15) is 25.7 Å². The molecule has 0 unspecified atom stereocenters. The highest BCUT2D eigenvalue weighted by molar-refractivity contribution is 7.17. The number of piperidine rings is 1. The zero-order chi connectivity index (χ0) is 17.3. The van der Waals surface area contributed by atoms with Gasteiger partial charge in [0.05, 0.1) is 5.39 Å². The first-order chi connectivity index (χ1) is 12.9. The van der Waals surface area contributed by atoms with E-state index in [-0.39, 0.29) is 0 Å². The number of nitrogens with zero attached hydrogens (tertiary/aromatic N) is 3. The molecule has 2 fully saturated rings. The lowest BCUT2D eigenvalue weighted by atomic mass is 9.96. The molecule has 1 N–H and O–H groups in total. The van der Waals surface area contributed by atoms with Gasteiger partial charge in [0.15, 0.2) is 0 Å². The fraction of sp³-hybridized carbons (Fsp3) is 0.429. The van der Waals surface area contributed by atoms with Crippen molar-refractivity contribution in [2.75, 3.05) is 24.5 Å². The number of hydrogen-bond donors (Lipinski definition) is 1. The third-order valence-corrected chi connectivity index (χ3v) is 6.51. The first kappa shape index (κ1) is 16.2. The van der Waals surface area contributed by atoms with Crippen LogP contribution in [0.2, 0.25) is 0 Å². The molecule has 5 rings (SSSR count). The molecule has 1 saturated carbocycles. The normalized spacial score (nSPS) is 18.5. The van der Waals surface area contributed by atoms with Crippen molar-refractivity contribution in [2.45, 2.75) is 31.7 Å². The van der Waals surface area contributed by atoms with Crippen molar-refractivity contribution in [2.24, 2.45) is 5.92 Å². The average Bonchev–Trinajstić information content (AvgIpc) is 3.44. The van der Waals surface area contributed by atoms with E-state index < -0.39 is 0 Å². The number of hydrogen-bond acceptors (Lipinski definition) is 5. The molecule has 0 bridgehead atoms. The summed E-state index contributed by atoms with van der Waals surface area (Å²) in [5.74, 6) is 1.92. The molecular weight excluding hydrogens is 340 g/mol. The lowest BCUT2D eigenvalue weighted by Crippen LogP contribution is -2.38. The van der Waals surface area contributed by atoms with Gasteiger partial charge in [0.1, 0.15) is 17.0 Å². The molecule has 1 aliphatic heterocycles. The van der Waals surface area contributed by atoms with Crippen molar-refractivity contribution in [3.05, 3.63) is 42.0 Å². The van der Waals surface area contributed by atoms with Crippen molar-refractivity contribution in [3.8, 4) is 11.1 Å². The Kier molecular flexibility index (Phi) is 4.35. The van der Waals surface area contributed by atoms with Crippen molar-refractivity contribution in [1.82, 2.24) is 15.3 Å². The Bertz CT molecular complexity index is 879. The van der Waals surface area contributed by atoms with E-state index in [2.05, 4.69) is 50.9 Å². The average molecular weight is 365 g/mol. The number of rotatable bonds is 5. The maximum absolute atomic E-state index is 4.70. The fourth-order valence-corrected chi connectivity index (χ4v) is 4.81. The summed E-state index contributed by atoms with van der Waals surface area (Å²) in [5.41, 5.74) is 2.51. The van der Waals surface area contributed by atoms with E-state index in [0.29, 0.717) is 0 Å². The van der Waals surface area contributed by atoms with Crippen LogP contribution >= 0.6 is 11.3 Å². The maximum Gasteiger partial charge on any atom is 0.141 e. The smallest absolute Gasteiger partial charge is 0.141 e. The van der Waals surface area contributed by atoms with Gasteiger partial charge in [-0.1, -0.05) is 30.3 Å². The van der Waals surface area contributed by atoms with E-state index in [9.17, 15) is 0 Å². The largest absolute Gasteiger partial charge is 0.356 e. The molecule has 3 heterocycles. The van der Waals surface area contributed by atoms with Crippen LogP contribution in [0.15, 0.2) is 42.0 Å². The summed E-state index contributed by atoms with van der Waals surface area (Å²) in [6.45, 7) is 3.37. The minimum Gasteiger partial charge on any atom is -0.356 e. The van der Waals surface area contributed by atoms with Crippen LogP contribution in [0, 0.1) is 5.92 Å². The second-order valence-electron chi connectivity index (χ2n) is 7.51. The van der Waals surface area contributed by atoms with Crippen LogP contribution in [0.5, 0.6) is 0 Å². The minimum atomic E-state index is 0.806. The maximum atomic E-state index is 4.70. The quantitative estimate of drug-likeness (QED) is 0.732. The number of thiophene rings is 1. The highest BCUT2D eigenvalue weighted by atomic mass is 32.1. The Morgan fingerprint density at radius 2 is 1.85 bits per heavy atom. The van der Waals surface area contributed by atoms with Gasteiger partial charge in [-0.15, -0.1) is 11.3 Å². The highest BCUT2D eigenvalue weighted by Gasteiger charge is 2.26. The van der Waals surface area contributed by atoms with Crippen molar-refractivity contribution in [3.63, 3.8) is 0 Å². The molecule has 26 heavy (non-hydrogen) atoms. The SMILES string of the molecule is c1ccc(-c2csc3ncnc(N4CCC(CNC5CC5)CC4)c23)cc1. The van der Waals surface area contributed by atoms with Crippen LogP contribution in [0.4, 0.5) is 5.82 Å². The lowest BCUT2D eigenvalue weighted by molar-refractivity contribution is 0.381. The second kappa shape index (κ2) is 6.97. The molecule has 0 radical (unpaired) electrons. The summed E-state index contributed by atoms with van der Waals surface area (Å²) in [6, 6.07) is 11.4. The molecule has 2 aliphatic rings. The predicted octanol–water partition coefficient (Wildman–Crippen LogP) is 4.33. The van der Waals surface area contributed by atoms with Crippen molar-refractivity contribution >= 4 is 27.4 Å². The molecule has 1 aromatic carbocycles. The summed E-state index contributed by atoms with van der Waals surface area (Å²) in [4.78, 5) is 12.8. The van der Waals surface area contributed by atoms with Crippen molar-refractivity contribution < 1.29 is 0 Å². The van der Waals surface area contributed by atoms with E-state index in [1.54, 1.807) is 17.7 Å². The standard InChI is InChI=1S/C21H24N4S/c1-2-4-16(5-3-1)18-13-26-21-19(18)20(23-14-24-21)25-10-8-15(9-11-25)12-22-17-6-7-17/h1-5,13-15,17,22H,6-12H2. The number of fused-ring (bicyclic) bond motifs is 1. The monoisotopic (exact) mass is 364 g/mol. The molecule has 5 heteroatoms. The van der Waals surface area contributed by atoms with Crippen LogP contribution in [0.3, 0.4) is 0 Å². The summed E-state index contributed by atoms with van der Waals surface area (Å²) in [6.07, 6.45) is 6.96. The Morgan fingerprint density at radius 3 is 2.62 bits per heavy atom. The molecule has 134 valence electrons. The van der Waals surface area contributed by atoms with Crippen LogP contribution in [-0.2, 0) is 0 Å². The molecule has 1 saturated heterocycles.